The zero-order valence-corrected chi connectivity index (χ0v) is 19.0. The highest BCUT2D eigenvalue weighted by atomic mass is 35.5. The molecule has 2 amide bonds. The molecule has 0 aliphatic rings. The standard InChI is InChI=1S/C19H18ClF3N4O7S/c20-12-3-5-13(6-4-12)25-18(30)26-15(17(24)27-33-10-16(28)29)9-11-1-7-14(8-2-11)34-35(31,32)19(21,22)23/h1-8,15H,9-10H2,(H2,24,27)(H,28,29)(H2,25,26,30). The molecule has 35 heavy (non-hydrogen) atoms. The summed E-state index contributed by atoms with van der Waals surface area (Å²) >= 11 is 5.79. The van der Waals surface area contributed by atoms with E-state index in [2.05, 4.69) is 24.8 Å². The van der Waals surface area contributed by atoms with E-state index in [0.717, 1.165) is 12.1 Å². The molecule has 1 atom stereocenters. The van der Waals surface area contributed by atoms with E-state index in [-0.39, 0.29) is 12.3 Å². The zero-order chi connectivity index (χ0) is 26.2. The second-order valence-corrected chi connectivity index (χ2v) is 8.65. The summed E-state index contributed by atoms with van der Waals surface area (Å²) in [6.07, 6.45) is -0.0912. The van der Waals surface area contributed by atoms with Gasteiger partial charge in [0.2, 0.25) is 6.61 Å². The number of halogens is 4. The van der Waals surface area contributed by atoms with Gasteiger partial charge in [-0.25, -0.2) is 9.59 Å². The Bertz CT molecular complexity index is 1170. The number of carbonyl (C=O) groups excluding carboxylic acids is 1. The van der Waals surface area contributed by atoms with Crippen molar-refractivity contribution in [3.05, 3.63) is 59.1 Å². The van der Waals surface area contributed by atoms with Gasteiger partial charge < -0.3 is 30.5 Å². The number of carboxylic acids is 1. The highest BCUT2D eigenvalue weighted by molar-refractivity contribution is 7.88. The molecule has 0 aromatic heterocycles. The third-order valence-electron chi connectivity index (χ3n) is 3.98. The van der Waals surface area contributed by atoms with E-state index in [9.17, 15) is 31.2 Å². The van der Waals surface area contributed by atoms with Gasteiger partial charge in [0.05, 0.1) is 6.04 Å². The molecule has 190 valence electrons. The normalized spacial score (nSPS) is 13.0. The number of nitrogens with one attached hydrogen (secondary N) is 2. The summed E-state index contributed by atoms with van der Waals surface area (Å²) < 4.78 is 63.7. The number of oxime groups is 1. The lowest BCUT2D eigenvalue weighted by molar-refractivity contribution is -0.142. The Morgan fingerprint density at radius 1 is 1.11 bits per heavy atom. The number of aliphatic carboxylic acids is 1. The van der Waals surface area contributed by atoms with Crippen LogP contribution < -0.4 is 20.6 Å². The summed E-state index contributed by atoms with van der Waals surface area (Å²) in [5, 5.41) is 17.5. The van der Waals surface area contributed by atoms with Crippen LogP contribution in [0.15, 0.2) is 53.7 Å². The van der Waals surface area contributed by atoms with Crippen LogP contribution in [-0.4, -0.2) is 49.5 Å². The Labute approximate surface area is 201 Å². The second-order valence-electron chi connectivity index (χ2n) is 6.67. The van der Waals surface area contributed by atoms with Crippen molar-refractivity contribution >= 4 is 45.2 Å². The molecular formula is C19H18ClF3N4O7S. The first-order chi connectivity index (χ1) is 16.3. The highest BCUT2D eigenvalue weighted by Gasteiger charge is 2.48. The Kier molecular flexibility index (Phi) is 9.13. The zero-order valence-electron chi connectivity index (χ0n) is 17.5. The van der Waals surface area contributed by atoms with Crippen LogP contribution in [0.3, 0.4) is 0 Å². The molecular weight excluding hydrogens is 521 g/mol. The van der Waals surface area contributed by atoms with Gasteiger partial charge in [-0.1, -0.05) is 28.9 Å². The number of amidine groups is 1. The fourth-order valence-corrected chi connectivity index (χ4v) is 2.99. The molecule has 2 rings (SSSR count). The number of hydrogen-bond donors (Lipinski definition) is 4. The minimum Gasteiger partial charge on any atom is -0.479 e. The molecule has 0 radical (unpaired) electrons. The van der Waals surface area contributed by atoms with Crippen LogP contribution >= 0.6 is 11.6 Å². The number of alkyl halides is 3. The number of rotatable bonds is 10. The molecule has 5 N–H and O–H groups in total. The van der Waals surface area contributed by atoms with Crippen LogP contribution in [0.4, 0.5) is 23.7 Å². The van der Waals surface area contributed by atoms with Gasteiger partial charge >= 0.3 is 27.6 Å². The van der Waals surface area contributed by atoms with Crippen molar-refractivity contribution in [1.82, 2.24) is 5.32 Å². The lowest BCUT2D eigenvalue weighted by Crippen LogP contribution is -2.47. The Morgan fingerprint density at radius 3 is 2.26 bits per heavy atom. The summed E-state index contributed by atoms with van der Waals surface area (Å²) in [6, 6.07) is 8.73. The van der Waals surface area contributed by atoms with Crippen LogP contribution in [0.1, 0.15) is 5.56 Å². The molecule has 0 saturated carbocycles. The number of amides is 2. The summed E-state index contributed by atoms with van der Waals surface area (Å²) in [7, 11) is -5.84. The lowest BCUT2D eigenvalue weighted by atomic mass is 10.1. The van der Waals surface area contributed by atoms with Crippen molar-refractivity contribution < 1.29 is 45.3 Å². The van der Waals surface area contributed by atoms with Crippen LogP contribution in [0, 0.1) is 0 Å². The largest absolute Gasteiger partial charge is 0.534 e. The van der Waals surface area contributed by atoms with Crippen molar-refractivity contribution in [2.75, 3.05) is 11.9 Å². The molecule has 0 bridgehead atoms. The van der Waals surface area contributed by atoms with E-state index in [0.29, 0.717) is 16.3 Å². The lowest BCUT2D eigenvalue weighted by Gasteiger charge is -2.19. The highest BCUT2D eigenvalue weighted by Crippen LogP contribution is 2.27. The predicted molar refractivity (Wildman–Crippen MR) is 118 cm³/mol. The number of carbonyl (C=O) groups is 2. The van der Waals surface area contributed by atoms with Gasteiger partial charge in [-0.2, -0.15) is 21.6 Å². The first kappa shape index (κ1) is 27.5. The van der Waals surface area contributed by atoms with Gasteiger partial charge in [0.15, 0.2) is 5.84 Å². The number of nitrogens with zero attached hydrogens (tertiary/aromatic N) is 1. The molecule has 0 aliphatic carbocycles. The van der Waals surface area contributed by atoms with Crippen molar-refractivity contribution in [3.63, 3.8) is 0 Å². The van der Waals surface area contributed by atoms with Crippen LogP contribution in [-0.2, 0) is 26.2 Å². The third-order valence-corrected chi connectivity index (χ3v) is 5.21. The Balaban J connectivity index is 2.15. The Hall–Kier alpha value is -3.72. The number of carboxylic acid groups (broad SMARTS) is 1. The van der Waals surface area contributed by atoms with E-state index in [4.69, 9.17) is 22.4 Å². The quantitative estimate of drug-likeness (QED) is 0.118. The summed E-state index contributed by atoms with van der Waals surface area (Å²) in [6.45, 7) is -0.801. The smallest absolute Gasteiger partial charge is 0.479 e. The van der Waals surface area contributed by atoms with E-state index < -0.39 is 46.0 Å². The van der Waals surface area contributed by atoms with E-state index in [1.807, 2.05) is 0 Å². The predicted octanol–water partition coefficient (Wildman–Crippen LogP) is 2.67. The molecule has 0 heterocycles. The van der Waals surface area contributed by atoms with Gasteiger partial charge in [-0.15, -0.1) is 0 Å². The fraction of sp³-hybridized carbons (Fsp3) is 0.211. The average Bonchev–Trinajstić information content (AvgIpc) is 2.75. The van der Waals surface area contributed by atoms with E-state index >= 15 is 0 Å². The number of nitrogens with two attached hydrogens (primary N) is 1. The molecule has 16 heteroatoms. The Morgan fingerprint density at radius 2 is 1.71 bits per heavy atom. The first-order valence-electron chi connectivity index (χ1n) is 9.37. The van der Waals surface area contributed by atoms with Crippen molar-refractivity contribution in [1.29, 1.82) is 0 Å². The van der Waals surface area contributed by atoms with Crippen LogP contribution in [0.5, 0.6) is 5.75 Å². The summed E-state index contributed by atoms with van der Waals surface area (Å²) in [4.78, 5) is 27.6. The molecule has 0 saturated heterocycles. The van der Waals surface area contributed by atoms with Crippen molar-refractivity contribution in [2.24, 2.45) is 10.9 Å². The number of hydrogen-bond acceptors (Lipinski definition) is 7. The molecule has 1 unspecified atom stereocenters. The maximum atomic E-state index is 12.5. The molecule has 0 aliphatic heterocycles. The minimum atomic E-state index is -5.84. The van der Waals surface area contributed by atoms with Crippen molar-refractivity contribution in [3.8, 4) is 5.75 Å². The maximum absolute atomic E-state index is 12.5. The SMILES string of the molecule is N/C(=N\OCC(=O)O)C(Cc1ccc(OS(=O)(=O)C(F)(F)F)cc1)NC(=O)Nc1ccc(Cl)cc1. The van der Waals surface area contributed by atoms with Crippen LogP contribution in [0.2, 0.25) is 5.02 Å². The second kappa shape index (κ2) is 11.6. The summed E-state index contributed by atoms with van der Waals surface area (Å²) in [5.41, 5.74) is 0.975. The van der Waals surface area contributed by atoms with Crippen LogP contribution in [0.25, 0.3) is 0 Å². The molecule has 0 fully saturated rings. The monoisotopic (exact) mass is 538 g/mol. The topological polar surface area (TPSA) is 169 Å². The molecule has 0 spiro atoms. The van der Waals surface area contributed by atoms with Gasteiger partial charge in [0.25, 0.3) is 0 Å². The number of benzene rings is 2. The average molecular weight is 539 g/mol. The van der Waals surface area contributed by atoms with Gasteiger partial charge in [0, 0.05) is 17.1 Å². The number of urea groups is 1. The van der Waals surface area contributed by atoms with E-state index in [1.54, 1.807) is 0 Å². The third kappa shape index (κ3) is 8.86. The summed E-state index contributed by atoms with van der Waals surface area (Å²) in [5.74, 6) is -2.24. The van der Waals surface area contributed by atoms with Gasteiger partial charge in [-0.05, 0) is 42.0 Å². The maximum Gasteiger partial charge on any atom is 0.534 e. The van der Waals surface area contributed by atoms with Gasteiger partial charge in [-0.3, -0.25) is 0 Å². The van der Waals surface area contributed by atoms with E-state index in [1.165, 1.54) is 36.4 Å². The molecule has 2 aromatic rings. The minimum absolute atomic E-state index is 0.0912. The van der Waals surface area contributed by atoms with Gasteiger partial charge in [0.1, 0.15) is 5.75 Å². The fourth-order valence-electron chi connectivity index (χ4n) is 2.40. The first-order valence-corrected chi connectivity index (χ1v) is 11.2. The van der Waals surface area contributed by atoms with Crippen molar-refractivity contribution in [2.45, 2.75) is 18.0 Å². The molecule has 11 nitrogen and oxygen atoms in total. The molecule has 2 aromatic carbocycles. The number of anilines is 1.